The summed E-state index contributed by atoms with van der Waals surface area (Å²) in [6, 6.07) is 15.3. The van der Waals surface area contributed by atoms with Gasteiger partial charge in [0.2, 0.25) is 0 Å². The average molecular weight is 791 g/mol. The number of para-hydroxylation sites is 2. The van der Waals surface area contributed by atoms with Crippen LogP contribution in [0.25, 0.3) is 11.3 Å². The first-order chi connectivity index (χ1) is 26.2. The van der Waals surface area contributed by atoms with Crippen LogP contribution in [-0.2, 0) is 26.9 Å². The number of aromatic nitrogens is 2. The molecule has 5 heterocycles. The van der Waals surface area contributed by atoms with Crippen LogP contribution in [0.5, 0.6) is 11.5 Å². The molecule has 3 aromatic rings. The molecule has 2 fully saturated rings. The molecule has 4 aliphatic rings. The molecule has 14 heteroatoms. The molecule has 0 bridgehead atoms. The number of piperidine rings is 2. The average Bonchev–Trinajstić information content (AvgIpc) is 3.42. The number of ketones is 2. The highest BCUT2D eigenvalue weighted by atomic mass is 16.6. The standard InChI is InChI=1S/C20H25NO5.C16H19N3O.C6H14N2O2.CH4/c1-13(22)16-17(23)14-7-5-6-8-15(14)25-20(16)9-11-21(12-10-20)18(24)26-19(2,3)4;1-11-14-15(19(2)18-11)12-5-3-4-6-13(12)20-16(14)7-9-17-10-8-16;1-6(2,3)10-5(9)8(4)7;/h5-8,16H,9-12H2,1-4H3;3-6,17H,7-10H2,1-2H3;7H2,1-4H3;1H4. The summed E-state index contributed by atoms with van der Waals surface area (Å²) in [6.07, 6.45) is 1.93. The molecule has 1 aromatic heterocycles. The number of hydrogen-bond acceptors (Lipinski definition) is 11. The molecule has 0 aliphatic carbocycles. The van der Waals surface area contributed by atoms with E-state index < -0.39 is 28.8 Å². The second-order valence-corrected chi connectivity index (χ2v) is 16.9. The quantitative estimate of drug-likeness (QED) is 0.113. The fourth-order valence-electron chi connectivity index (χ4n) is 7.81. The minimum atomic E-state index is -0.893. The van der Waals surface area contributed by atoms with Crippen LogP contribution >= 0.6 is 0 Å². The summed E-state index contributed by atoms with van der Waals surface area (Å²) in [6.45, 7) is 17.1. The summed E-state index contributed by atoms with van der Waals surface area (Å²) >= 11 is 0. The topological polar surface area (TPSA) is 168 Å². The van der Waals surface area contributed by atoms with E-state index in [9.17, 15) is 19.2 Å². The third-order valence-electron chi connectivity index (χ3n) is 10.1. The number of nitrogens with one attached hydrogen (secondary N) is 1. The number of aryl methyl sites for hydroxylation is 2. The smallest absolute Gasteiger partial charge is 0.424 e. The van der Waals surface area contributed by atoms with Gasteiger partial charge in [-0.15, -0.1) is 0 Å². The second-order valence-electron chi connectivity index (χ2n) is 16.9. The summed E-state index contributed by atoms with van der Waals surface area (Å²) < 4.78 is 25.0. The van der Waals surface area contributed by atoms with E-state index in [4.69, 9.17) is 24.8 Å². The fraction of sp³-hybridized carbons (Fsp3) is 0.558. The Labute approximate surface area is 337 Å². The van der Waals surface area contributed by atoms with E-state index in [1.54, 1.807) is 43.9 Å². The molecule has 0 saturated carbocycles. The predicted octanol–water partition coefficient (Wildman–Crippen LogP) is 6.97. The molecule has 1 unspecified atom stereocenters. The number of Topliss-reactive ketones (excluding diaryl/α,β-unsaturated/α-hetero) is 2. The van der Waals surface area contributed by atoms with Gasteiger partial charge in [-0.2, -0.15) is 5.10 Å². The first-order valence-electron chi connectivity index (χ1n) is 19.2. The van der Waals surface area contributed by atoms with Crippen molar-refractivity contribution in [1.82, 2.24) is 25.0 Å². The van der Waals surface area contributed by atoms with E-state index in [0.717, 1.165) is 47.9 Å². The number of nitrogens with two attached hydrogens (primary N) is 1. The van der Waals surface area contributed by atoms with Gasteiger partial charge >= 0.3 is 12.2 Å². The molecule has 4 aliphatic heterocycles. The van der Waals surface area contributed by atoms with Crippen molar-refractivity contribution >= 4 is 23.8 Å². The number of amides is 2. The lowest BCUT2D eigenvalue weighted by Gasteiger charge is -2.47. The third-order valence-corrected chi connectivity index (χ3v) is 10.1. The van der Waals surface area contributed by atoms with Crippen molar-refractivity contribution in [3.05, 3.63) is 65.4 Å². The second kappa shape index (κ2) is 17.3. The molecule has 2 spiro atoms. The number of fused-ring (bicyclic) bond motifs is 5. The molecule has 0 radical (unpaired) electrons. The Morgan fingerprint density at radius 2 is 1.40 bits per heavy atom. The number of carbonyl (C=O) groups excluding carboxylic acids is 4. The highest BCUT2D eigenvalue weighted by Gasteiger charge is 2.54. The first kappa shape index (κ1) is 44.8. The van der Waals surface area contributed by atoms with Crippen LogP contribution in [0.15, 0.2) is 48.5 Å². The highest BCUT2D eigenvalue weighted by molar-refractivity contribution is 6.13. The van der Waals surface area contributed by atoms with E-state index >= 15 is 0 Å². The lowest BCUT2D eigenvalue weighted by atomic mass is 9.72. The summed E-state index contributed by atoms with van der Waals surface area (Å²) in [4.78, 5) is 49.9. The number of rotatable bonds is 1. The van der Waals surface area contributed by atoms with E-state index in [0.29, 0.717) is 37.2 Å². The lowest BCUT2D eigenvalue weighted by molar-refractivity contribution is -0.129. The van der Waals surface area contributed by atoms with Gasteiger partial charge < -0.3 is 29.2 Å². The zero-order chi connectivity index (χ0) is 41.2. The van der Waals surface area contributed by atoms with Gasteiger partial charge in [-0.05, 0) is 92.7 Å². The molecule has 312 valence electrons. The summed E-state index contributed by atoms with van der Waals surface area (Å²) in [5.74, 6) is 5.38. The van der Waals surface area contributed by atoms with E-state index in [1.807, 2.05) is 44.6 Å². The third kappa shape index (κ3) is 9.96. The van der Waals surface area contributed by atoms with Crippen molar-refractivity contribution in [2.45, 2.75) is 111 Å². The predicted molar refractivity (Wildman–Crippen MR) is 218 cm³/mol. The molecule has 1 atom stereocenters. The van der Waals surface area contributed by atoms with Crippen molar-refractivity contribution in [3.63, 3.8) is 0 Å². The van der Waals surface area contributed by atoms with Crippen molar-refractivity contribution in [3.8, 4) is 22.8 Å². The van der Waals surface area contributed by atoms with Crippen LogP contribution < -0.4 is 20.6 Å². The van der Waals surface area contributed by atoms with Gasteiger partial charge in [0.25, 0.3) is 0 Å². The molecule has 3 N–H and O–H groups in total. The first-order valence-corrected chi connectivity index (χ1v) is 19.2. The van der Waals surface area contributed by atoms with E-state index in [2.05, 4.69) is 35.5 Å². The molecule has 57 heavy (non-hydrogen) atoms. The Hall–Kier alpha value is -4.95. The molecular weight excluding hydrogens is 729 g/mol. The van der Waals surface area contributed by atoms with Gasteiger partial charge in [-0.3, -0.25) is 14.3 Å². The maximum absolute atomic E-state index is 12.9. The van der Waals surface area contributed by atoms with Crippen LogP contribution in [-0.4, -0.2) is 93.5 Å². The summed E-state index contributed by atoms with van der Waals surface area (Å²) in [5.41, 5.74) is 3.10. The van der Waals surface area contributed by atoms with Crippen molar-refractivity contribution < 1.29 is 38.1 Å². The minimum absolute atomic E-state index is 0. The van der Waals surface area contributed by atoms with Crippen LogP contribution in [0.2, 0.25) is 0 Å². The van der Waals surface area contributed by atoms with Gasteiger partial charge in [0.05, 0.1) is 17.0 Å². The van der Waals surface area contributed by atoms with Gasteiger partial charge in [-0.25, -0.2) is 20.4 Å². The largest absolute Gasteiger partial charge is 0.485 e. The van der Waals surface area contributed by atoms with Crippen LogP contribution in [0.4, 0.5) is 9.59 Å². The van der Waals surface area contributed by atoms with Gasteiger partial charge in [0, 0.05) is 64.0 Å². The normalized spacial score (nSPS) is 18.6. The number of hydrazine groups is 1. The maximum Gasteiger partial charge on any atom is 0.424 e. The Kier molecular flexibility index (Phi) is 13.6. The molecule has 2 amide bonds. The number of carbonyl (C=O) groups is 4. The van der Waals surface area contributed by atoms with E-state index in [1.165, 1.54) is 25.2 Å². The van der Waals surface area contributed by atoms with Gasteiger partial charge in [-0.1, -0.05) is 31.7 Å². The minimum Gasteiger partial charge on any atom is -0.485 e. The van der Waals surface area contributed by atoms with Crippen LogP contribution in [0, 0.1) is 12.8 Å². The highest BCUT2D eigenvalue weighted by Crippen LogP contribution is 2.50. The Morgan fingerprint density at radius 3 is 1.91 bits per heavy atom. The molecule has 2 aromatic carbocycles. The number of likely N-dealkylation sites (tertiary alicyclic amines) is 1. The molecule has 14 nitrogen and oxygen atoms in total. The SMILES string of the molecule is C.CC(=O)C1C(=O)c2ccccc2OC12CCN(C(=O)OC(C)(C)C)CC2.CN(N)C(=O)OC(C)(C)C.Cc1nn(C)c2c1C1(CCNCC1)Oc1ccccc1-2. The van der Waals surface area contributed by atoms with Crippen LogP contribution in [0.3, 0.4) is 0 Å². The number of ether oxygens (including phenoxy) is 4. The van der Waals surface area contributed by atoms with Gasteiger partial charge in [0.1, 0.15) is 45.6 Å². The molecule has 2 saturated heterocycles. The van der Waals surface area contributed by atoms with Crippen LogP contribution in [0.1, 0.15) is 103 Å². The maximum atomic E-state index is 12.9. The monoisotopic (exact) mass is 790 g/mol. The summed E-state index contributed by atoms with van der Waals surface area (Å²) in [5, 5.41) is 9.00. The number of nitrogens with zero attached hydrogens (tertiary/aromatic N) is 4. The fourth-order valence-corrected chi connectivity index (χ4v) is 7.81. The Morgan fingerprint density at radius 1 is 0.877 bits per heavy atom. The zero-order valence-electron chi connectivity index (χ0n) is 34.5. The zero-order valence-corrected chi connectivity index (χ0v) is 34.5. The number of hydrogen-bond donors (Lipinski definition) is 2. The van der Waals surface area contributed by atoms with Crippen molar-refractivity contribution in [1.29, 1.82) is 0 Å². The lowest BCUT2D eigenvalue weighted by Crippen LogP contribution is -2.59. The van der Waals surface area contributed by atoms with E-state index in [-0.39, 0.29) is 30.7 Å². The summed E-state index contributed by atoms with van der Waals surface area (Å²) in [7, 11) is 3.47. The Bertz CT molecular complexity index is 1930. The number of benzene rings is 2. The van der Waals surface area contributed by atoms with Crippen molar-refractivity contribution in [2.75, 3.05) is 33.2 Å². The molecule has 7 rings (SSSR count). The molecular formula is C43H62N6O8. The Balaban J connectivity index is 0.000000206. The van der Waals surface area contributed by atoms with Gasteiger partial charge in [0.15, 0.2) is 5.78 Å². The van der Waals surface area contributed by atoms with Crippen molar-refractivity contribution in [2.24, 2.45) is 18.8 Å².